The predicted molar refractivity (Wildman–Crippen MR) is 103 cm³/mol. The normalized spacial score (nSPS) is 11.4. The second-order valence-corrected chi connectivity index (χ2v) is 17.0. The fourth-order valence-electron chi connectivity index (χ4n) is 3.34. The van der Waals surface area contributed by atoms with Gasteiger partial charge in [-0.05, 0) is 0 Å². The number of unbranched alkanes of at least 4 members (excludes halogenated alkanes) is 11. The molecule has 0 amide bonds. The maximum atomic E-state index is 2.36. The Kier molecular flexibility index (Phi) is 19.6. The van der Waals surface area contributed by atoms with Gasteiger partial charge in [0.05, 0.1) is 0 Å². The van der Waals surface area contributed by atoms with Crippen LogP contribution in [-0.4, -0.2) is 19.8 Å². The first-order valence-corrected chi connectivity index (χ1v) is 17.3. The van der Waals surface area contributed by atoms with Crippen LogP contribution in [0.5, 0.6) is 0 Å². The van der Waals surface area contributed by atoms with Crippen LogP contribution in [0.15, 0.2) is 0 Å². The minimum absolute atomic E-state index is 1.06. The molecule has 0 heterocycles. The van der Waals surface area contributed by atoms with Crippen molar-refractivity contribution in [3.8, 4) is 0 Å². The third-order valence-electron chi connectivity index (χ3n) is 4.90. The number of hydrogen-bond donors (Lipinski definition) is 0. The van der Waals surface area contributed by atoms with E-state index >= 15 is 0 Å². The molecule has 0 spiro atoms. The van der Waals surface area contributed by atoms with Gasteiger partial charge in [0.2, 0.25) is 0 Å². The van der Waals surface area contributed by atoms with E-state index in [2.05, 4.69) is 20.8 Å². The molecule has 0 aliphatic rings. The molecular formula is C20H44Sn. The van der Waals surface area contributed by atoms with Crippen LogP contribution in [0.4, 0.5) is 0 Å². The molecule has 0 fully saturated rings. The fraction of sp³-hybridized carbons (Fsp3) is 1.00. The number of hydrogen-bond acceptors (Lipinski definition) is 0. The van der Waals surface area contributed by atoms with Crippen molar-refractivity contribution < 1.29 is 0 Å². The molecule has 0 saturated heterocycles. The molecule has 21 heavy (non-hydrogen) atoms. The average molecular weight is 403 g/mol. The van der Waals surface area contributed by atoms with Crippen molar-refractivity contribution in [3.05, 3.63) is 0 Å². The topological polar surface area (TPSA) is 0 Å². The molecule has 0 atom stereocenters. The van der Waals surface area contributed by atoms with Gasteiger partial charge in [-0.1, -0.05) is 0 Å². The zero-order valence-corrected chi connectivity index (χ0v) is 18.9. The molecular weight excluding hydrogens is 359 g/mol. The summed E-state index contributed by atoms with van der Waals surface area (Å²) in [5.74, 6) is 0. The van der Waals surface area contributed by atoms with E-state index in [1.54, 1.807) is 39.0 Å². The van der Waals surface area contributed by atoms with E-state index in [0.717, 1.165) is 0 Å². The van der Waals surface area contributed by atoms with Crippen molar-refractivity contribution in [1.82, 2.24) is 0 Å². The summed E-state index contributed by atoms with van der Waals surface area (Å²) in [5.41, 5.74) is 0. The molecule has 1 heteroatoms. The summed E-state index contributed by atoms with van der Waals surface area (Å²) in [6.07, 6.45) is 20.9. The van der Waals surface area contributed by atoms with Gasteiger partial charge in [0, 0.05) is 0 Å². The Hall–Kier alpha value is 0.799. The van der Waals surface area contributed by atoms with Crippen molar-refractivity contribution in [2.75, 3.05) is 0 Å². The molecule has 0 aromatic carbocycles. The second kappa shape index (κ2) is 18.8. The van der Waals surface area contributed by atoms with Gasteiger partial charge in [0.25, 0.3) is 0 Å². The summed E-state index contributed by atoms with van der Waals surface area (Å²) in [7, 11) is 0. The van der Waals surface area contributed by atoms with Crippen molar-refractivity contribution in [3.63, 3.8) is 0 Å². The van der Waals surface area contributed by atoms with Gasteiger partial charge in [-0.25, -0.2) is 0 Å². The monoisotopic (exact) mass is 404 g/mol. The Labute approximate surface area is 143 Å². The zero-order valence-electron chi connectivity index (χ0n) is 15.6. The summed E-state index contributed by atoms with van der Waals surface area (Å²) in [6, 6.07) is 0. The molecule has 0 bridgehead atoms. The Balaban J connectivity index is 3.35. The van der Waals surface area contributed by atoms with Crippen molar-refractivity contribution in [2.45, 2.75) is 124 Å². The molecule has 0 aliphatic heterocycles. The van der Waals surface area contributed by atoms with Gasteiger partial charge in [-0.3, -0.25) is 0 Å². The fourth-order valence-corrected chi connectivity index (χ4v) is 13.9. The van der Waals surface area contributed by atoms with Gasteiger partial charge in [0.15, 0.2) is 0 Å². The van der Waals surface area contributed by atoms with Crippen LogP contribution >= 0.6 is 0 Å². The molecule has 0 aliphatic carbocycles. The SMILES string of the molecule is CCCCCCCCCCC[CH2][SnH]([CH2]CCC)[CH2]CCC. The van der Waals surface area contributed by atoms with Gasteiger partial charge in [-0.2, -0.15) is 0 Å². The van der Waals surface area contributed by atoms with E-state index in [1.165, 1.54) is 64.2 Å². The molecule has 0 unspecified atom stereocenters. The Morgan fingerprint density at radius 2 is 0.714 bits per heavy atom. The molecule has 0 N–H and O–H groups in total. The standard InChI is InChI=1S/C12H25.2C4H9.Sn.H/c1-3-5-7-9-11-12-10-8-6-4-2;2*1-3-4-2;;/h1,3-12H2,2H3;2*1,3-4H2,2H3;;. The van der Waals surface area contributed by atoms with Gasteiger partial charge < -0.3 is 0 Å². The maximum absolute atomic E-state index is 2.36. The Morgan fingerprint density at radius 3 is 1.14 bits per heavy atom. The third-order valence-corrected chi connectivity index (χ3v) is 15.4. The van der Waals surface area contributed by atoms with E-state index in [9.17, 15) is 0 Å². The molecule has 0 aromatic heterocycles. The molecule has 0 nitrogen and oxygen atoms in total. The van der Waals surface area contributed by atoms with Crippen molar-refractivity contribution >= 4 is 19.8 Å². The summed E-state index contributed by atoms with van der Waals surface area (Å²) in [5, 5.41) is 0. The molecule has 0 saturated carbocycles. The van der Waals surface area contributed by atoms with E-state index in [1.807, 2.05) is 0 Å². The van der Waals surface area contributed by atoms with Crippen LogP contribution in [-0.2, 0) is 0 Å². The minimum atomic E-state index is -1.06. The van der Waals surface area contributed by atoms with Crippen LogP contribution < -0.4 is 0 Å². The molecule has 0 radical (unpaired) electrons. The van der Waals surface area contributed by atoms with Crippen LogP contribution in [0.3, 0.4) is 0 Å². The van der Waals surface area contributed by atoms with Crippen LogP contribution in [0, 0.1) is 0 Å². The van der Waals surface area contributed by atoms with Crippen LogP contribution in [0.1, 0.15) is 111 Å². The average Bonchev–Trinajstić information content (AvgIpc) is 2.51. The summed E-state index contributed by atoms with van der Waals surface area (Å²) >= 11 is -1.06. The van der Waals surface area contributed by atoms with Crippen LogP contribution in [0.2, 0.25) is 13.3 Å². The molecule has 0 rings (SSSR count). The molecule has 128 valence electrons. The van der Waals surface area contributed by atoms with Crippen LogP contribution in [0.25, 0.3) is 0 Å². The number of rotatable bonds is 17. The van der Waals surface area contributed by atoms with E-state index < -0.39 is 19.8 Å². The zero-order chi connectivity index (χ0) is 15.6. The van der Waals surface area contributed by atoms with E-state index in [-0.39, 0.29) is 0 Å². The Morgan fingerprint density at radius 1 is 0.381 bits per heavy atom. The van der Waals surface area contributed by atoms with E-state index in [4.69, 9.17) is 0 Å². The quantitative estimate of drug-likeness (QED) is 0.172. The van der Waals surface area contributed by atoms with Gasteiger partial charge in [-0.15, -0.1) is 0 Å². The Bertz CT molecular complexity index is 171. The predicted octanol–water partition coefficient (Wildman–Crippen LogP) is 7.73. The summed E-state index contributed by atoms with van der Waals surface area (Å²) < 4.78 is 5.13. The summed E-state index contributed by atoms with van der Waals surface area (Å²) in [6.45, 7) is 7.03. The first kappa shape index (κ1) is 21.8. The third kappa shape index (κ3) is 17.0. The first-order valence-electron chi connectivity index (χ1n) is 10.3. The summed E-state index contributed by atoms with van der Waals surface area (Å²) in [4.78, 5) is 0. The van der Waals surface area contributed by atoms with Crippen molar-refractivity contribution in [2.24, 2.45) is 0 Å². The van der Waals surface area contributed by atoms with E-state index in [0.29, 0.717) is 0 Å². The first-order chi connectivity index (χ1) is 10.3. The molecule has 0 aromatic rings. The van der Waals surface area contributed by atoms with Gasteiger partial charge >= 0.3 is 144 Å². The van der Waals surface area contributed by atoms with Crippen molar-refractivity contribution in [1.29, 1.82) is 0 Å². The van der Waals surface area contributed by atoms with Gasteiger partial charge in [0.1, 0.15) is 0 Å². The second-order valence-electron chi connectivity index (χ2n) is 7.12.